The molecule has 0 saturated carbocycles. The van der Waals surface area contributed by atoms with Crippen molar-refractivity contribution in [1.82, 2.24) is 4.98 Å². The van der Waals surface area contributed by atoms with Gasteiger partial charge in [0.15, 0.2) is 5.75 Å². The quantitative estimate of drug-likeness (QED) is 0.679. The molecule has 0 saturated heterocycles. The van der Waals surface area contributed by atoms with Crippen molar-refractivity contribution in [2.45, 2.75) is 31.8 Å². The number of rotatable bonds is 9. The maximum absolute atomic E-state index is 12.4. The number of benzene rings is 1. The summed E-state index contributed by atoms with van der Waals surface area (Å²) in [4.78, 5) is 26.7. The van der Waals surface area contributed by atoms with Crippen molar-refractivity contribution >= 4 is 16.8 Å². The number of aromatic nitrogens is 1. The summed E-state index contributed by atoms with van der Waals surface area (Å²) >= 11 is 0. The second-order valence-corrected chi connectivity index (χ2v) is 7.14. The van der Waals surface area contributed by atoms with E-state index in [-0.39, 0.29) is 22.7 Å². The zero-order valence-electron chi connectivity index (χ0n) is 14.9. The van der Waals surface area contributed by atoms with Crippen LogP contribution < -0.4 is 10.2 Å². The van der Waals surface area contributed by atoms with Crippen molar-refractivity contribution < 1.29 is 18.5 Å². The van der Waals surface area contributed by atoms with Crippen LogP contribution in [-0.4, -0.2) is 28.4 Å². The van der Waals surface area contributed by atoms with E-state index in [4.69, 9.17) is 9.47 Å². The molecule has 0 spiro atoms. The Bertz CT molecular complexity index is 831. The molecule has 26 heavy (non-hydrogen) atoms. The number of aromatic amines is 1. The first-order valence-electron chi connectivity index (χ1n) is 8.49. The number of hydrogen-bond acceptors (Lipinski definition) is 5. The van der Waals surface area contributed by atoms with Crippen LogP contribution in [0.25, 0.3) is 0 Å². The first kappa shape index (κ1) is 19.9. The number of carbonyl (C=O) groups is 1. The molecule has 0 fully saturated rings. The lowest BCUT2D eigenvalue weighted by Crippen LogP contribution is -2.11. The summed E-state index contributed by atoms with van der Waals surface area (Å²) in [6.45, 7) is 4.49. The van der Waals surface area contributed by atoms with Crippen LogP contribution in [0, 0.1) is 0 Å². The van der Waals surface area contributed by atoms with Gasteiger partial charge in [-0.3, -0.25) is 9.00 Å². The van der Waals surface area contributed by atoms with Crippen LogP contribution in [0.5, 0.6) is 5.75 Å². The maximum atomic E-state index is 12.4. The van der Waals surface area contributed by atoms with Crippen molar-refractivity contribution in [3.63, 3.8) is 0 Å². The van der Waals surface area contributed by atoms with Crippen LogP contribution in [0.3, 0.4) is 0 Å². The molecule has 0 bridgehead atoms. The Labute approximate surface area is 155 Å². The number of carbonyl (C=O) groups excluding carboxylic acids is 1. The van der Waals surface area contributed by atoms with Gasteiger partial charge in [0.1, 0.15) is 0 Å². The fourth-order valence-corrected chi connectivity index (χ4v) is 3.49. The molecule has 0 aliphatic carbocycles. The zero-order chi connectivity index (χ0) is 18.9. The molecule has 1 N–H and O–H groups in total. The highest BCUT2D eigenvalue weighted by atomic mass is 32.2. The number of hydrogen-bond donors (Lipinski definition) is 1. The highest BCUT2D eigenvalue weighted by molar-refractivity contribution is 7.83. The average Bonchev–Trinajstić information content (AvgIpc) is 2.61. The summed E-state index contributed by atoms with van der Waals surface area (Å²) in [6, 6.07) is 8.31. The van der Waals surface area contributed by atoms with E-state index in [9.17, 15) is 13.8 Å². The van der Waals surface area contributed by atoms with E-state index in [1.54, 1.807) is 25.1 Å². The fourth-order valence-electron chi connectivity index (χ4n) is 2.32. The molecule has 140 valence electrons. The normalized spacial score (nSPS) is 11.8. The van der Waals surface area contributed by atoms with Gasteiger partial charge in [-0.1, -0.05) is 19.1 Å². The summed E-state index contributed by atoms with van der Waals surface area (Å²) in [7, 11) is -1.23. The Kier molecular flexibility index (Phi) is 7.59. The van der Waals surface area contributed by atoms with Gasteiger partial charge in [0.25, 0.3) is 0 Å². The van der Waals surface area contributed by atoms with E-state index < -0.39 is 16.8 Å². The molecular formula is C19H23NO5S. The fraction of sp³-hybridized carbons (Fsp3) is 0.368. The van der Waals surface area contributed by atoms with Crippen LogP contribution in [-0.2, 0) is 27.0 Å². The smallest absolute Gasteiger partial charge is 0.338 e. The molecular weight excluding hydrogens is 354 g/mol. The van der Waals surface area contributed by atoms with E-state index >= 15 is 0 Å². The lowest BCUT2D eigenvalue weighted by molar-refractivity contribution is 0.0526. The summed E-state index contributed by atoms with van der Waals surface area (Å²) in [5, 5.41) is 0. The molecule has 7 heteroatoms. The monoisotopic (exact) mass is 377 g/mol. The molecule has 6 nitrogen and oxygen atoms in total. The van der Waals surface area contributed by atoms with E-state index in [0.29, 0.717) is 24.5 Å². The van der Waals surface area contributed by atoms with Crippen LogP contribution in [0.2, 0.25) is 0 Å². The highest BCUT2D eigenvalue weighted by Crippen LogP contribution is 2.12. The molecule has 1 aromatic heterocycles. The molecule has 1 atom stereocenters. The molecule has 0 aliphatic heterocycles. The lowest BCUT2D eigenvalue weighted by atomic mass is 10.1. The van der Waals surface area contributed by atoms with Crippen molar-refractivity contribution in [3.8, 4) is 5.75 Å². The third kappa shape index (κ3) is 5.84. The summed E-state index contributed by atoms with van der Waals surface area (Å²) in [6.07, 6.45) is 2.32. The Morgan fingerprint density at radius 2 is 2.00 bits per heavy atom. The van der Waals surface area contributed by atoms with E-state index in [2.05, 4.69) is 4.98 Å². The van der Waals surface area contributed by atoms with E-state index in [1.807, 2.05) is 13.0 Å². The topological polar surface area (TPSA) is 85.5 Å². The Balaban J connectivity index is 2.00. The first-order valence-corrected chi connectivity index (χ1v) is 9.97. The third-order valence-electron chi connectivity index (χ3n) is 3.48. The minimum atomic E-state index is -1.23. The average molecular weight is 377 g/mol. The number of nitrogens with one attached hydrogen (secondary N) is 1. The van der Waals surface area contributed by atoms with Gasteiger partial charge >= 0.3 is 5.97 Å². The molecule has 1 heterocycles. The van der Waals surface area contributed by atoms with Gasteiger partial charge in [0.05, 0.1) is 24.5 Å². The zero-order valence-corrected chi connectivity index (χ0v) is 15.8. The number of ether oxygens (including phenoxy) is 2. The molecule has 2 aromatic rings. The summed E-state index contributed by atoms with van der Waals surface area (Å²) < 4.78 is 22.7. The third-order valence-corrected chi connectivity index (χ3v) is 4.77. The Hall–Kier alpha value is -2.41. The second-order valence-electron chi connectivity index (χ2n) is 5.68. The molecule has 1 unspecified atom stereocenters. The predicted octanol–water partition coefficient (Wildman–Crippen LogP) is 2.79. The number of esters is 1. The molecule has 0 amide bonds. The maximum Gasteiger partial charge on any atom is 0.338 e. The van der Waals surface area contributed by atoms with Crippen molar-refractivity contribution in [1.29, 1.82) is 0 Å². The van der Waals surface area contributed by atoms with Crippen LogP contribution >= 0.6 is 0 Å². The Morgan fingerprint density at radius 1 is 1.19 bits per heavy atom. The Morgan fingerprint density at radius 3 is 2.69 bits per heavy atom. The minimum Gasteiger partial charge on any atom is -0.488 e. The van der Waals surface area contributed by atoms with Crippen LogP contribution in [0.15, 0.2) is 41.3 Å². The lowest BCUT2D eigenvalue weighted by Gasteiger charge is -2.07. The van der Waals surface area contributed by atoms with Gasteiger partial charge < -0.3 is 14.5 Å². The summed E-state index contributed by atoms with van der Waals surface area (Å²) in [5.74, 6) is 0.367. The van der Waals surface area contributed by atoms with Gasteiger partial charge in [-0.15, -0.1) is 0 Å². The van der Waals surface area contributed by atoms with Gasteiger partial charge in [0, 0.05) is 34.5 Å². The van der Waals surface area contributed by atoms with Gasteiger partial charge in [0.2, 0.25) is 5.43 Å². The van der Waals surface area contributed by atoms with Gasteiger partial charge in [-0.2, -0.15) is 0 Å². The minimum absolute atomic E-state index is 0.215. The van der Waals surface area contributed by atoms with E-state index in [1.165, 1.54) is 12.3 Å². The van der Waals surface area contributed by atoms with Crippen LogP contribution in [0.1, 0.15) is 41.9 Å². The molecule has 2 rings (SSSR count). The SMILES string of the molecule is CCCOc1c[nH]c(CS(=O)Cc2cccc(C(=O)OCC)c2)cc1=O. The molecule has 1 aromatic carbocycles. The van der Waals surface area contributed by atoms with Crippen molar-refractivity contribution in [2.24, 2.45) is 0 Å². The van der Waals surface area contributed by atoms with Crippen molar-refractivity contribution in [3.05, 3.63) is 63.6 Å². The molecule has 0 aliphatic rings. The highest BCUT2D eigenvalue weighted by Gasteiger charge is 2.10. The molecule has 0 radical (unpaired) electrons. The largest absolute Gasteiger partial charge is 0.488 e. The number of H-pyrrole nitrogens is 1. The van der Waals surface area contributed by atoms with Crippen LogP contribution in [0.4, 0.5) is 0 Å². The number of pyridine rings is 1. The van der Waals surface area contributed by atoms with Gasteiger partial charge in [-0.25, -0.2) is 4.79 Å². The second kappa shape index (κ2) is 9.91. The summed E-state index contributed by atoms with van der Waals surface area (Å²) in [5.41, 5.74) is 1.57. The van der Waals surface area contributed by atoms with Crippen molar-refractivity contribution in [2.75, 3.05) is 13.2 Å². The standard InChI is InChI=1S/C19H23NO5S/c1-3-8-25-18-11-20-16(10-17(18)21)13-26(23)12-14-6-5-7-15(9-14)19(22)24-4-2/h5-7,9-11H,3-4,8,12-13H2,1-2H3,(H,20,21). The van der Waals surface area contributed by atoms with E-state index in [0.717, 1.165) is 12.0 Å². The van der Waals surface area contributed by atoms with Gasteiger partial charge in [-0.05, 0) is 31.0 Å². The predicted molar refractivity (Wildman–Crippen MR) is 101 cm³/mol. The first-order chi connectivity index (χ1) is 12.5.